The fourth-order valence-electron chi connectivity index (χ4n) is 2.44. The maximum Gasteiger partial charge on any atom is 0.333 e. The summed E-state index contributed by atoms with van der Waals surface area (Å²) < 4.78 is 1.51. The van der Waals surface area contributed by atoms with E-state index in [0.29, 0.717) is 11.5 Å². The van der Waals surface area contributed by atoms with Crippen LogP contribution in [0.2, 0.25) is 0 Å². The second-order valence-electron chi connectivity index (χ2n) is 4.81. The molecule has 0 bridgehead atoms. The van der Waals surface area contributed by atoms with Crippen molar-refractivity contribution < 1.29 is 10.0 Å². The second-order valence-corrected chi connectivity index (χ2v) is 4.81. The molecule has 0 unspecified atom stereocenters. The van der Waals surface area contributed by atoms with Crippen LogP contribution in [-0.4, -0.2) is 32.0 Å². The molecule has 2 N–H and O–H groups in total. The number of aromatic nitrogens is 2. The molecule has 1 fully saturated rings. The molecule has 7 heteroatoms. The van der Waals surface area contributed by atoms with Gasteiger partial charge in [-0.25, -0.2) is 4.68 Å². The molecule has 0 aromatic carbocycles. The van der Waals surface area contributed by atoms with Crippen LogP contribution in [0.3, 0.4) is 0 Å². The van der Waals surface area contributed by atoms with Gasteiger partial charge in [-0.05, 0) is 32.6 Å². The van der Waals surface area contributed by atoms with Crippen molar-refractivity contribution in [2.45, 2.75) is 44.8 Å². The van der Waals surface area contributed by atoms with Gasteiger partial charge in [-0.2, -0.15) is 5.10 Å². The van der Waals surface area contributed by atoms with Gasteiger partial charge in [0, 0.05) is 13.1 Å². The Morgan fingerprint density at radius 1 is 1.44 bits per heavy atom. The molecule has 1 aliphatic rings. The van der Waals surface area contributed by atoms with Crippen LogP contribution in [0.4, 0.5) is 11.5 Å². The fourth-order valence-corrected chi connectivity index (χ4v) is 2.44. The van der Waals surface area contributed by atoms with E-state index in [4.69, 9.17) is 0 Å². The number of nitro groups is 1. The standard InChI is InChI=1S/C11H18N4O3/c1-7-10(15(17)18)11(14(2)13-7)12-8-3-5-9(16)6-4-8/h8-9,12,16H,3-6H2,1-2H3. The summed E-state index contributed by atoms with van der Waals surface area (Å²) in [5.74, 6) is 0.457. The molecular formula is C11H18N4O3. The van der Waals surface area contributed by atoms with Gasteiger partial charge >= 0.3 is 5.69 Å². The average molecular weight is 254 g/mol. The first-order valence-electron chi connectivity index (χ1n) is 6.11. The largest absolute Gasteiger partial charge is 0.393 e. The van der Waals surface area contributed by atoms with Gasteiger partial charge in [-0.3, -0.25) is 10.1 Å². The monoisotopic (exact) mass is 254 g/mol. The van der Waals surface area contributed by atoms with E-state index in [1.165, 1.54) is 4.68 Å². The molecule has 18 heavy (non-hydrogen) atoms. The molecule has 0 saturated heterocycles. The van der Waals surface area contributed by atoms with Crippen molar-refractivity contribution in [2.75, 3.05) is 5.32 Å². The number of rotatable bonds is 3. The number of hydrogen-bond acceptors (Lipinski definition) is 5. The van der Waals surface area contributed by atoms with Gasteiger partial charge in [0.05, 0.1) is 11.0 Å². The van der Waals surface area contributed by atoms with Crippen molar-refractivity contribution in [3.05, 3.63) is 15.8 Å². The molecule has 1 saturated carbocycles. The molecule has 0 amide bonds. The van der Waals surface area contributed by atoms with Crippen LogP contribution >= 0.6 is 0 Å². The fraction of sp³-hybridized carbons (Fsp3) is 0.727. The first-order chi connectivity index (χ1) is 8.49. The maximum atomic E-state index is 11.0. The van der Waals surface area contributed by atoms with Gasteiger partial charge in [0.25, 0.3) is 0 Å². The van der Waals surface area contributed by atoms with Crippen LogP contribution in [0, 0.1) is 17.0 Å². The van der Waals surface area contributed by atoms with E-state index in [9.17, 15) is 15.2 Å². The van der Waals surface area contributed by atoms with E-state index in [1.807, 2.05) is 0 Å². The zero-order valence-corrected chi connectivity index (χ0v) is 10.6. The Morgan fingerprint density at radius 2 is 2.06 bits per heavy atom. The summed E-state index contributed by atoms with van der Waals surface area (Å²) in [5, 5.41) is 27.7. The summed E-state index contributed by atoms with van der Waals surface area (Å²) >= 11 is 0. The number of aryl methyl sites for hydroxylation is 2. The van der Waals surface area contributed by atoms with E-state index in [0.717, 1.165) is 25.7 Å². The number of anilines is 1. The lowest BCUT2D eigenvalue weighted by Gasteiger charge is -2.26. The van der Waals surface area contributed by atoms with E-state index >= 15 is 0 Å². The Balaban J connectivity index is 2.16. The van der Waals surface area contributed by atoms with Crippen LogP contribution < -0.4 is 5.32 Å². The lowest BCUT2D eigenvalue weighted by Crippen LogP contribution is -2.29. The molecule has 7 nitrogen and oxygen atoms in total. The van der Waals surface area contributed by atoms with Gasteiger partial charge in [-0.15, -0.1) is 0 Å². The molecular weight excluding hydrogens is 236 g/mol. The summed E-state index contributed by atoms with van der Waals surface area (Å²) in [4.78, 5) is 10.6. The highest BCUT2D eigenvalue weighted by atomic mass is 16.6. The van der Waals surface area contributed by atoms with Gasteiger partial charge in [0.1, 0.15) is 5.69 Å². The second kappa shape index (κ2) is 4.93. The zero-order valence-electron chi connectivity index (χ0n) is 10.6. The van der Waals surface area contributed by atoms with E-state index in [2.05, 4.69) is 10.4 Å². The lowest BCUT2D eigenvalue weighted by atomic mass is 9.93. The molecule has 1 heterocycles. The Hall–Kier alpha value is -1.63. The molecule has 1 aliphatic carbocycles. The van der Waals surface area contributed by atoms with Crippen LogP contribution in [-0.2, 0) is 7.05 Å². The molecule has 1 aromatic rings. The van der Waals surface area contributed by atoms with Crippen molar-refractivity contribution >= 4 is 11.5 Å². The predicted octanol–water partition coefficient (Wildman–Crippen LogP) is 1.35. The highest BCUT2D eigenvalue weighted by Gasteiger charge is 2.27. The zero-order chi connectivity index (χ0) is 13.3. The summed E-state index contributed by atoms with van der Waals surface area (Å²) in [6, 6.07) is 0.168. The molecule has 0 radical (unpaired) electrons. The Morgan fingerprint density at radius 3 is 2.61 bits per heavy atom. The highest BCUT2D eigenvalue weighted by Crippen LogP contribution is 2.30. The minimum Gasteiger partial charge on any atom is -0.393 e. The predicted molar refractivity (Wildman–Crippen MR) is 66.5 cm³/mol. The van der Waals surface area contributed by atoms with Crippen molar-refractivity contribution in [1.29, 1.82) is 0 Å². The van der Waals surface area contributed by atoms with Gasteiger partial charge in [0.15, 0.2) is 0 Å². The highest BCUT2D eigenvalue weighted by molar-refractivity contribution is 5.59. The van der Waals surface area contributed by atoms with Crippen LogP contribution in [0.25, 0.3) is 0 Å². The molecule has 100 valence electrons. The SMILES string of the molecule is Cc1nn(C)c(NC2CCC(O)CC2)c1[N+](=O)[O-]. The van der Waals surface area contributed by atoms with E-state index in [1.54, 1.807) is 14.0 Å². The van der Waals surface area contributed by atoms with Crippen molar-refractivity contribution in [3.63, 3.8) is 0 Å². The number of nitrogens with one attached hydrogen (secondary N) is 1. The minimum absolute atomic E-state index is 0.0450. The van der Waals surface area contributed by atoms with E-state index < -0.39 is 4.92 Å². The van der Waals surface area contributed by atoms with Crippen LogP contribution in [0.1, 0.15) is 31.4 Å². The lowest BCUT2D eigenvalue weighted by molar-refractivity contribution is -0.384. The van der Waals surface area contributed by atoms with Crippen LogP contribution in [0.5, 0.6) is 0 Å². The van der Waals surface area contributed by atoms with Gasteiger partial charge in [0.2, 0.25) is 5.82 Å². The smallest absolute Gasteiger partial charge is 0.333 e. The minimum atomic E-state index is -0.400. The van der Waals surface area contributed by atoms with Crippen molar-refractivity contribution in [3.8, 4) is 0 Å². The third kappa shape index (κ3) is 2.45. The molecule has 0 spiro atoms. The number of hydrogen-bond donors (Lipinski definition) is 2. The Labute approximate surface area is 105 Å². The molecule has 1 aromatic heterocycles. The van der Waals surface area contributed by atoms with Gasteiger partial charge < -0.3 is 10.4 Å². The quantitative estimate of drug-likeness (QED) is 0.627. The normalized spacial score (nSPS) is 23.9. The molecule has 2 rings (SSSR count). The first kappa shape index (κ1) is 12.8. The summed E-state index contributed by atoms with van der Waals surface area (Å²) in [5.41, 5.74) is 0.462. The molecule has 0 atom stereocenters. The summed E-state index contributed by atoms with van der Waals surface area (Å²) in [7, 11) is 1.69. The number of aliphatic hydroxyl groups excluding tert-OH is 1. The third-order valence-electron chi connectivity index (χ3n) is 3.41. The van der Waals surface area contributed by atoms with E-state index in [-0.39, 0.29) is 17.8 Å². The molecule has 0 aliphatic heterocycles. The Kier molecular flexibility index (Phi) is 3.51. The van der Waals surface area contributed by atoms with Crippen LogP contribution in [0.15, 0.2) is 0 Å². The maximum absolute atomic E-state index is 11.0. The first-order valence-corrected chi connectivity index (χ1v) is 6.11. The topological polar surface area (TPSA) is 93.2 Å². The summed E-state index contributed by atoms with van der Waals surface area (Å²) in [6.45, 7) is 1.63. The van der Waals surface area contributed by atoms with Crippen molar-refractivity contribution in [2.24, 2.45) is 7.05 Å². The number of nitrogens with zero attached hydrogens (tertiary/aromatic N) is 3. The Bertz CT molecular complexity index is 449. The third-order valence-corrected chi connectivity index (χ3v) is 3.41. The van der Waals surface area contributed by atoms with Crippen molar-refractivity contribution in [1.82, 2.24) is 9.78 Å². The number of aliphatic hydroxyl groups is 1. The van der Waals surface area contributed by atoms with Gasteiger partial charge in [-0.1, -0.05) is 0 Å². The summed E-state index contributed by atoms with van der Waals surface area (Å²) in [6.07, 6.45) is 2.89. The average Bonchev–Trinajstić information content (AvgIpc) is 2.57.